The zero-order valence-corrected chi connectivity index (χ0v) is 15.4. The molecule has 0 aliphatic carbocycles. The van der Waals surface area contributed by atoms with E-state index < -0.39 is 20.6 Å². The van der Waals surface area contributed by atoms with Crippen molar-refractivity contribution in [1.82, 2.24) is 4.98 Å². The third-order valence-corrected chi connectivity index (χ3v) is 4.96. The van der Waals surface area contributed by atoms with E-state index in [1.54, 1.807) is 6.20 Å². The van der Waals surface area contributed by atoms with E-state index in [1.807, 2.05) is 18.2 Å². The van der Waals surface area contributed by atoms with Crippen molar-refractivity contribution in [3.05, 3.63) is 62.7 Å². The summed E-state index contributed by atoms with van der Waals surface area (Å²) in [6.07, 6.45) is 3.25. The lowest BCUT2D eigenvalue weighted by Gasteiger charge is -2.04. The minimum Gasteiger partial charge on any atom is -0.361 e. The molecule has 0 radical (unpaired) electrons. The Kier molecular flexibility index (Phi) is 4.76. The Labute approximate surface area is 156 Å². The summed E-state index contributed by atoms with van der Waals surface area (Å²) in [5.41, 5.74) is 3.84. The Morgan fingerprint density at radius 3 is 2.73 bits per heavy atom. The predicted octanol–water partition coefficient (Wildman–Crippen LogP) is 2.93. The SMILES string of the molecule is NS(=O)(=O)c1ccc(N/N=C/c2c[nH]c3ccc(Br)cc23)c([N+](=O)[O-])c1. The Balaban J connectivity index is 1.90. The van der Waals surface area contributed by atoms with Crippen LogP contribution in [0.15, 0.2) is 57.1 Å². The molecule has 4 N–H and O–H groups in total. The summed E-state index contributed by atoms with van der Waals surface area (Å²) >= 11 is 3.40. The first-order valence-electron chi connectivity index (χ1n) is 7.12. The van der Waals surface area contributed by atoms with Crippen LogP contribution < -0.4 is 10.6 Å². The standard InChI is InChI=1S/C15H12BrN5O4S/c16-10-1-3-13-12(5-10)9(7-18-13)8-19-20-14-4-2-11(26(17,24)25)6-15(14)21(22)23/h1-8,18,20H,(H2,17,24,25)/b19-8+. The maximum absolute atomic E-state index is 11.3. The molecule has 3 rings (SSSR count). The number of fused-ring (bicyclic) bond motifs is 1. The lowest BCUT2D eigenvalue weighted by atomic mass is 10.2. The van der Waals surface area contributed by atoms with E-state index in [2.05, 4.69) is 31.4 Å². The molecular formula is C15H12BrN5O4S. The molecule has 0 atom stereocenters. The molecule has 0 saturated carbocycles. The van der Waals surface area contributed by atoms with Crippen LogP contribution in [0.5, 0.6) is 0 Å². The number of aromatic nitrogens is 1. The fourth-order valence-electron chi connectivity index (χ4n) is 2.33. The van der Waals surface area contributed by atoms with Gasteiger partial charge in [-0.1, -0.05) is 15.9 Å². The quantitative estimate of drug-likeness (QED) is 0.319. The third kappa shape index (κ3) is 3.74. The number of benzene rings is 2. The molecule has 0 unspecified atom stereocenters. The second-order valence-corrected chi connectivity index (χ2v) is 7.76. The van der Waals surface area contributed by atoms with Gasteiger partial charge >= 0.3 is 0 Å². The molecule has 1 aromatic heterocycles. The van der Waals surface area contributed by atoms with Crippen LogP contribution in [0, 0.1) is 10.1 Å². The van der Waals surface area contributed by atoms with Gasteiger partial charge in [0.05, 0.1) is 16.0 Å². The highest BCUT2D eigenvalue weighted by molar-refractivity contribution is 9.10. The minimum absolute atomic E-state index is 0.0414. The van der Waals surface area contributed by atoms with E-state index in [1.165, 1.54) is 18.3 Å². The molecule has 0 fully saturated rings. The molecule has 0 bridgehead atoms. The normalized spacial score (nSPS) is 11.9. The highest BCUT2D eigenvalue weighted by atomic mass is 79.9. The topological polar surface area (TPSA) is 143 Å². The number of hydrogen-bond acceptors (Lipinski definition) is 6. The molecule has 0 spiro atoms. The second-order valence-electron chi connectivity index (χ2n) is 5.28. The summed E-state index contributed by atoms with van der Waals surface area (Å²) in [4.78, 5) is 13.2. The van der Waals surface area contributed by atoms with Gasteiger partial charge in [0.1, 0.15) is 5.69 Å². The van der Waals surface area contributed by atoms with Gasteiger partial charge in [0, 0.05) is 33.2 Å². The molecule has 3 aromatic rings. The van der Waals surface area contributed by atoms with Gasteiger partial charge in [0.25, 0.3) is 5.69 Å². The molecule has 0 amide bonds. The number of halogens is 1. The van der Waals surface area contributed by atoms with E-state index in [0.29, 0.717) is 0 Å². The van der Waals surface area contributed by atoms with Gasteiger partial charge in [-0.3, -0.25) is 15.5 Å². The van der Waals surface area contributed by atoms with Gasteiger partial charge in [0.15, 0.2) is 0 Å². The summed E-state index contributed by atoms with van der Waals surface area (Å²) in [7, 11) is -4.04. The van der Waals surface area contributed by atoms with Gasteiger partial charge in [-0.05, 0) is 30.3 Å². The molecule has 0 aliphatic heterocycles. The van der Waals surface area contributed by atoms with E-state index in [0.717, 1.165) is 27.0 Å². The summed E-state index contributed by atoms with van der Waals surface area (Å²) in [5.74, 6) is 0. The zero-order chi connectivity index (χ0) is 18.9. The number of nitrogens with zero attached hydrogens (tertiary/aromatic N) is 2. The van der Waals surface area contributed by atoms with Gasteiger partial charge in [0.2, 0.25) is 10.0 Å². The molecular weight excluding hydrogens is 426 g/mol. The zero-order valence-electron chi connectivity index (χ0n) is 13.0. The molecule has 0 aliphatic rings. The molecule has 26 heavy (non-hydrogen) atoms. The second kappa shape index (κ2) is 6.86. The number of hydrazone groups is 1. The summed E-state index contributed by atoms with van der Waals surface area (Å²) in [6, 6.07) is 9.01. The Bertz CT molecular complexity index is 1140. The number of nitrogens with one attached hydrogen (secondary N) is 2. The Morgan fingerprint density at radius 2 is 2.04 bits per heavy atom. The van der Waals surface area contributed by atoms with Crippen LogP contribution in [0.25, 0.3) is 10.9 Å². The number of nitro benzene ring substituents is 1. The summed E-state index contributed by atoms with van der Waals surface area (Å²) in [6.45, 7) is 0. The number of aromatic amines is 1. The van der Waals surface area contributed by atoms with Crippen LogP contribution in [-0.4, -0.2) is 24.5 Å². The number of nitrogens with two attached hydrogens (primary N) is 1. The van der Waals surface area contributed by atoms with Crippen molar-refractivity contribution in [2.24, 2.45) is 10.2 Å². The van der Waals surface area contributed by atoms with Crippen molar-refractivity contribution in [1.29, 1.82) is 0 Å². The fraction of sp³-hybridized carbons (Fsp3) is 0. The highest BCUT2D eigenvalue weighted by Crippen LogP contribution is 2.27. The third-order valence-electron chi connectivity index (χ3n) is 3.56. The lowest BCUT2D eigenvalue weighted by Crippen LogP contribution is -2.12. The van der Waals surface area contributed by atoms with Gasteiger partial charge in [-0.2, -0.15) is 5.10 Å². The van der Waals surface area contributed by atoms with Gasteiger partial charge in [-0.25, -0.2) is 13.6 Å². The summed E-state index contributed by atoms with van der Waals surface area (Å²) in [5, 5.41) is 21.1. The van der Waals surface area contributed by atoms with E-state index in [4.69, 9.17) is 5.14 Å². The number of H-pyrrole nitrogens is 1. The van der Waals surface area contributed by atoms with Crippen molar-refractivity contribution in [2.45, 2.75) is 4.90 Å². The average Bonchev–Trinajstić information content (AvgIpc) is 2.96. The van der Waals surface area contributed by atoms with Crippen LogP contribution in [0.4, 0.5) is 11.4 Å². The van der Waals surface area contributed by atoms with Crippen molar-refractivity contribution in [2.75, 3.05) is 5.43 Å². The molecule has 2 aromatic carbocycles. The molecule has 1 heterocycles. The van der Waals surface area contributed by atoms with E-state index >= 15 is 0 Å². The Morgan fingerprint density at radius 1 is 1.27 bits per heavy atom. The number of primary sulfonamides is 1. The number of anilines is 1. The first kappa shape index (κ1) is 18.0. The lowest BCUT2D eigenvalue weighted by molar-refractivity contribution is -0.384. The van der Waals surface area contributed by atoms with Crippen LogP contribution in [0.1, 0.15) is 5.56 Å². The van der Waals surface area contributed by atoms with Crippen molar-refractivity contribution in [3.8, 4) is 0 Å². The fourth-order valence-corrected chi connectivity index (χ4v) is 3.22. The number of sulfonamides is 1. The maximum atomic E-state index is 11.3. The maximum Gasteiger partial charge on any atom is 0.295 e. The van der Waals surface area contributed by atoms with Crippen molar-refractivity contribution < 1.29 is 13.3 Å². The first-order valence-corrected chi connectivity index (χ1v) is 9.46. The highest BCUT2D eigenvalue weighted by Gasteiger charge is 2.18. The van der Waals surface area contributed by atoms with Crippen LogP contribution >= 0.6 is 15.9 Å². The van der Waals surface area contributed by atoms with E-state index in [9.17, 15) is 18.5 Å². The first-order chi connectivity index (χ1) is 12.3. The van der Waals surface area contributed by atoms with Crippen LogP contribution in [0.2, 0.25) is 0 Å². The van der Waals surface area contributed by atoms with Crippen LogP contribution in [-0.2, 0) is 10.0 Å². The molecule has 0 saturated heterocycles. The molecule has 11 heteroatoms. The largest absolute Gasteiger partial charge is 0.361 e. The van der Waals surface area contributed by atoms with Crippen molar-refractivity contribution >= 4 is 54.4 Å². The van der Waals surface area contributed by atoms with Gasteiger partial charge < -0.3 is 4.98 Å². The minimum atomic E-state index is -4.04. The average molecular weight is 438 g/mol. The van der Waals surface area contributed by atoms with E-state index in [-0.39, 0.29) is 10.6 Å². The molecule has 9 nitrogen and oxygen atoms in total. The number of nitro groups is 1. The summed E-state index contributed by atoms with van der Waals surface area (Å²) < 4.78 is 23.6. The predicted molar refractivity (Wildman–Crippen MR) is 102 cm³/mol. The van der Waals surface area contributed by atoms with Crippen LogP contribution in [0.3, 0.4) is 0 Å². The smallest absolute Gasteiger partial charge is 0.295 e. The molecule has 134 valence electrons. The number of rotatable bonds is 5. The van der Waals surface area contributed by atoms with Crippen molar-refractivity contribution in [3.63, 3.8) is 0 Å². The van der Waals surface area contributed by atoms with Gasteiger partial charge in [-0.15, -0.1) is 0 Å². The Hall–Kier alpha value is -2.76. The monoisotopic (exact) mass is 437 g/mol. The number of hydrogen-bond donors (Lipinski definition) is 3.